The van der Waals surface area contributed by atoms with Crippen molar-refractivity contribution in [2.24, 2.45) is 0 Å². The first-order chi connectivity index (χ1) is 11.5. The number of thioether (sulfide) groups is 1. The minimum absolute atomic E-state index is 0.0936. The number of hydrogen-bond acceptors (Lipinski definition) is 4. The molecule has 0 aliphatic rings. The number of hydrogen-bond donors (Lipinski definition) is 0. The number of pyridine rings is 1. The third-order valence-corrected chi connectivity index (χ3v) is 5.14. The highest BCUT2D eigenvalue weighted by Gasteiger charge is 2.30. The van der Waals surface area contributed by atoms with Gasteiger partial charge in [-0.2, -0.15) is 0 Å². The highest BCUT2D eigenvalue weighted by Crippen LogP contribution is 2.38. The quantitative estimate of drug-likeness (QED) is 0.485. The van der Waals surface area contributed by atoms with E-state index in [0.29, 0.717) is 5.56 Å². The van der Waals surface area contributed by atoms with Crippen LogP contribution in [0.3, 0.4) is 0 Å². The predicted molar refractivity (Wildman–Crippen MR) is 99.0 cm³/mol. The second kappa shape index (κ2) is 6.65. The summed E-state index contributed by atoms with van der Waals surface area (Å²) in [4.78, 5) is 18.4. The van der Waals surface area contributed by atoms with Crippen LogP contribution >= 0.6 is 11.8 Å². The average molecular weight is 337 g/mol. The number of carbonyl (C=O) groups excluding carboxylic acids is 1. The van der Waals surface area contributed by atoms with Gasteiger partial charge >= 0.3 is 0 Å². The number of nitrogens with zero attached hydrogens (tertiary/aromatic N) is 1. The minimum Gasteiger partial charge on any atom is -0.497 e. The molecule has 0 unspecified atom stereocenters. The van der Waals surface area contributed by atoms with E-state index in [2.05, 4.69) is 4.98 Å². The highest BCUT2D eigenvalue weighted by atomic mass is 32.2. The van der Waals surface area contributed by atoms with Crippen LogP contribution in [0.4, 0.5) is 0 Å². The van der Waals surface area contributed by atoms with E-state index in [0.717, 1.165) is 21.5 Å². The van der Waals surface area contributed by atoms with E-state index in [1.165, 1.54) is 0 Å². The number of methoxy groups -OCH3 is 1. The van der Waals surface area contributed by atoms with Crippen LogP contribution in [-0.2, 0) is 0 Å². The number of para-hydroxylation sites is 1. The summed E-state index contributed by atoms with van der Waals surface area (Å²) in [6, 6.07) is 17.2. The van der Waals surface area contributed by atoms with Crippen LogP contribution in [0.15, 0.2) is 65.7 Å². The van der Waals surface area contributed by atoms with Crippen LogP contribution in [0, 0.1) is 0 Å². The van der Waals surface area contributed by atoms with Crippen LogP contribution in [0.5, 0.6) is 5.75 Å². The zero-order chi connectivity index (χ0) is 17.2. The van der Waals surface area contributed by atoms with Gasteiger partial charge in [-0.1, -0.05) is 18.2 Å². The van der Waals surface area contributed by atoms with Crippen molar-refractivity contribution in [1.82, 2.24) is 4.98 Å². The maximum atomic E-state index is 12.9. The van der Waals surface area contributed by atoms with E-state index in [1.807, 2.05) is 68.4 Å². The molecular weight excluding hydrogens is 318 g/mol. The Balaban J connectivity index is 1.90. The Labute approximate surface area is 146 Å². The Bertz CT molecular complexity index is 867. The lowest BCUT2D eigenvalue weighted by Gasteiger charge is -2.23. The number of carbonyl (C=O) groups is 1. The Morgan fingerprint density at radius 1 is 1.04 bits per heavy atom. The number of ketones is 1. The fourth-order valence-corrected chi connectivity index (χ4v) is 3.74. The van der Waals surface area contributed by atoms with Gasteiger partial charge in [-0.05, 0) is 50.2 Å². The molecule has 122 valence electrons. The van der Waals surface area contributed by atoms with E-state index < -0.39 is 4.75 Å². The molecule has 0 bridgehead atoms. The standard InChI is InChI=1S/C20H19NO2S/c1-20(2,19(22)14-8-10-15(23-3)11-9-14)24-18-12-13-21-17-7-5-4-6-16(17)18/h4-13H,1-3H3. The lowest BCUT2D eigenvalue weighted by molar-refractivity contribution is 0.0958. The SMILES string of the molecule is COc1ccc(C(=O)C(C)(C)Sc2ccnc3ccccc23)cc1. The molecule has 2 aromatic carbocycles. The molecule has 0 fully saturated rings. The summed E-state index contributed by atoms with van der Waals surface area (Å²) in [5, 5.41) is 1.07. The summed E-state index contributed by atoms with van der Waals surface area (Å²) in [7, 11) is 1.62. The summed E-state index contributed by atoms with van der Waals surface area (Å²) in [5.74, 6) is 0.841. The molecule has 0 saturated heterocycles. The Morgan fingerprint density at radius 2 is 1.75 bits per heavy atom. The van der Waals surface area contributed by atoms with E-state index in [1.54, 1.807) is 25.1 Å². The van der Waals surface area contributed by atoms with Gasteiger partial charge in [0.05, 0.1) is 17.4 Å². The van der Waals surface area contributed by atoms with Crippen molar-refractivity contribution >= 4 is 28.4 Å². The van der Waals surface area contributed by atoms with Crippen molar-refractivity contribution in [3.63, 3.8) is 0 Å². The van der Waals surface area contributed by atoms with Crippen molar-refractivity contribution in [3.05, 3.63) is 66.4 Å². The molecule has 0 saturated carbocycles. The van der Waals surface area contributed by atoms with Gasteiger partial charge in [0.25, 0.3) is 0 Å². The van der Waals surface area contributed by atoms with Crippen molar-refractivity contribution in [3.8, 4) is 5.75 Å². The summed E-state index contributed by atoms with van der Waals surface area (Å²) in [6.07, 6.45) is 1.79. The summed E-state index contributed by atoms with van der Waals surface area (Å²) in [5.41, 5.74) is 1.63. The number of rotatable bonds is 5. The molecule has 0 N–H and O–H groups in total. The molecular formula is C20H19NO2S. The molecule has 0 spiro atoms. The maximum absolute atomic E-state index is 12.9. The third kappa shape index (κ3) is 3.29. The van der Waals surface area contributed by atoms with E-state index in [4.69, 9.17) is 4.74 Å². The van der Waals surface area contributed by atoms with Gasteiger partial charge in [-0.15, -0.1) is 11.8 Å². The normalized spacial score (nSPS) is 11.5. The van der Waals surface area contributed by atoms with E-state index >= 15 is 0 Å². The van der Waals surface area contributed by atoms with Gasteiger partial charge in [-0.3, -0.25) is 9.78 Å². The van der Waals surface area contributed by atoms with Crippen molar-refractivity contribution in [2.75, 3.05) is 7.11 Å². The van der Waals surface area contributed by atoms with E-state index in [-0.39, 0.29) is 5.78 Å². The van der Waals surface area contributed by atoms with Crippen LogP contribution in [0.25, 0.3) is 10.9 Å². The Morgan fingerprint density at radius 3 is 2.46 bits per heavy atom. The zero-order valence-electron chi connectivity index (χ0n) is 13.9. The number of ether oxygens (including phenoxy) is 1. The lowest BCUT2D eigenvalue weighted by Crippen LogP contribution is -2.27. The molecule has 0 amide bonds. The second-order valence-electron chi connectivity index (χ2n) is 6.00. The number of Topliss-reactive ketones (excluding diaryl/α,β-unsaturated/α-hetero) is 1. The molecule has 24 heavy (non-hydrogen) atoms. The monoisotopic (exact) mass is 337 g/mol. The fraction of sp³-hybridized carbons (Fsp3) is 0.200. The fourth-order valence-electron chi connectivity index (χ4n) is 2.57. The molecule has 4 heteroatoms. The van der Waals surface area contributed by atoms with Crippen LogP contribution < -0.4 is 4.74 Å². The van der Waals surface area contributed by atoms with Gasteiger partial charge in [0.2, 0.25) is 0 Å². The topological polar surface area (TPSA) is 39.2 Å². The van der Waals surface area contributed by atoms with Gasteiger partial charge in [0.1, 0.15) is 5.75 Å². The Hall–Kier alpha value is -2.33. The van der Waals surface area contributed by atoms with Crippen LogP contribution in [0.1, 0.15) is 24.2 Å². The molecule has 0 aliphatic carbocycles. The number of aromatic nitrogens is 1. The van der Waals surface area contributed by atoms with Crippen LogP contribution in [0.2, 0.25) is 0 Å². The molecule has 0 atom stereocenters. The molecule has 3 rings (SSSR count). The van der Waals surface area contributed by atoms with Crippen LogP contribution in [-0.4, -0.2) is 22.6 Å². The molecule has 1 heterocycles. The number of benzene rings is 2. The van der Waals surface area contributed by atoms with Crippen molar-refractivity contribution in [1.29, 1.82) is 0 Å². The summed E-state index contributed by atoms with van der Waals surface area (Å²) < 4.78 is 4.57. The first-order valence-electron chi connectivity index (χ1n) is 7.73. The largest absolute Gasteiger partial charge is 0.497 e. The average Bonchev–Trinajstić information content (AvgIpc) is 2.61. The summed E-state index contributed by atoms with van der Waals surface area (Å²) >= 11 is 1.57. The second-order valence-corrected chi connectivity index (χ2v) is 7.66. The predicted octanol–water partition coefficient (Wildman–Crippen LogP) is 5.00. The van der Waals surface area contributed by atoms with Crippen molar-refractivity contribution < 1.29 is 9.53 Å². The lowest BCUT2D eigenvalue weighted by atomic mass is 10.0. The zero-order valence-corrected chi connectivity index (χ0v) is 14.8. The minimum atomic E-state index is -0.585. The van der Waals surface area contributed by atoms with Gasteiger partial charge in [0.15, 0.2) is 5.78 Å². The van der Waals surface area contributed by atoms with Gasteiger partial charge in [-0.25, -0.2) is 0 Å². The molecule has 1 aromatic heterocycles. The van der Waals surface area contributed by atoms with Gasteiger partial charge in [0, 0.05) is 22.0 Å². The van der Waals surface area contributed by atoms with Crippen molar-refractivity contribution in [2.45, 2.75) is 23.5 Å². The highest BCUT2D eigenvalue weighted by molar-refractivity contribution is 8.01. The molecule has 3 nitrogen and oxygen atoms in total. The van der Waals surface area contributed by atoms with E-state index in [9.17, 15) is 4.79 Å². The maximum Gasteiger partial charge on any atom is 0.178 e. The molecule has 0 aliphatic heterocycles. The number of fused-ring (bicyclic) bond motifs is 1. The smallest absolute Gasteiger partial charge is 0.178 e. The first-order valence-corrected chi connectivity index (χ1v) is 8.54. The first kappa shape index (κ1) is 16.5. The Kier molecular flexibility index (Phi) is 4.58. The summed E-state index contributed by atoms with van der Waals surface area (Å²) in [6.45, 7) is 3.92. The molecule has 3 aromatic rings. The third-order valence-electron chi connectivity index (χ3n) is 3.87. The van der Waals surface area contributed by atoms with Gasteiger partial charge < -0.3 is 4.74 Å². The molecule has 0 radical (unpaired) electrons.